The molecular formula is C21H14N2. The summed E-state index contributed by atoms with van der Waals surface area (Å²) in [4.78, 5) is 8.11. The van der Waals surface area contributed by atoms with E-state index in [0.29, 0.717) is 0 Å². The lowest BCUT2D eigenvalue weighted by atomic mass is 10.1. The predicted molar refractivity (Wildman–Crippen MR) is 94.0 cm³/mol. The second kappa shape index (κ2) is 5.82. The van der Waals surface area contributed by atoms with Gasteiger partial charge in [0.15, 0.2) is 0 Å². The van der Waals surface area contributed by atoms with E-state index in [1.54, 1.807) is 0 Å². The van der Waals surface area contributed by atoms with Gasteiger partial charge < -0.3 is 4.98 Å². The summed E-state index contributed by atoms with van der Waals surface area (Å²) in [6, 6.07) is 26.2. The fourth-order valence-electron chi connectivity index (χ4n) is 2.53. The molecule has 0 aliphatic rings. The van der Waals surface area contributed by atoms with E-state index in [9.17, 15) is 0 Å². The molecule has 0 spiro atoms. The van der Waals surface area contributed by atoms with Crippen LogP contribution in [0.2, 0.25) is 0 Å². The molecule has 0 unspecified atom stereocenters. The molecule has 4 aromatic rings. The van der Waals surface area contributed by atoms with Crippen LogP contribution < -0.4 is 0 Å². The molecule has 0 bridgehead atoms. The summed E-state index contributed by atoms with van der Waals surface area (Å²) in [5.74, 6) is 7.30. The van der Waals surface area contributed by atoms with E-state index >= 15 is 0 Å². The zero-order valence-electron chi connectivity index (χ0n) is 12.5. The molecule has 2 nitrogen and oxygen atoms in total. The molecule has 0 radical (unpaired) electrons. The number of fused-ring (bicyclic) bond motifs is 1. The van der Waals surface area contributed by atoms with Gasteiger partial charge in [-0.3, -0.25) is 0 Å². The fourth-order valence-corrected chi connectivity index (χ4v) is 2.53. The molecule has 0 saturated carbocycles. The largest absolute Gasteiger partial charge is 0.338 e. The first-order valence-corrected chi connectivity index (χ1v) is 7.51. The van der Waals surface area contributed by atoms with Gasteiger partial charge >= 0.3 is 0 Å². The maximum Gasteiger partial charge on any atom is 0.138 e. The SMILES string of the molecule is C(#Cc1cccc2[nH]c(-c3ccccc3)nc12)c1ccccc1. The van der Waals surface area contributed by atoms with Gasteiger partial charge in [0, 0.05) is 11.1 Å². The second-order valence-corrected chi connectivity index (χ2v) is 5.27. The minimum absolute atomic E-state index is 0.870. The summed E-state index contributed by atoms with van der Waals surface area (Å²) in [7, 11) is 0. The van der Waals surface area contributed by atoms with E-state index in [1.807, 2.05) is 78.9 Å². The summed E-state index contributed by atoms with van der Waals surface area (Å²) < 4.78 is 0. The zero-order chi connectivity index (χ0) is 15.5. The van der Waals surface area contributed by atoms with Crippen LogP contribution in [0.5, 0.6) is 0 Å². The Morgan fingerprint density at radius 3 is 2.22 bits per heavy atom. The molecule has 0 aliphatic carbocycles. The predicted octanol–water partition coefficient (Wildman–Crippen LogP) is 4.63. The van der Waals surface area contributed by atoms with E-state index < -0.39 is 0 Å². The summed E-state index contributed by atoms with van der Waals surface area (Å²) >= 11 is 0. The summed E-state index contributed by atoms with van der Waals surface area (Å²) in [6.07, 6.45) is 0. The summed E-state index contributed by atoms with van der Waals surface area (Å²) in [5.41, 5.74) is 4.93. The average molecular weight is 294 g/mol. The Morgan fingerprint density at radius 2 is 1.43 bits per heavy atom. The molecule has 108 valence electrons. The van der Waals surface area contributed by atoms with Crippen molar-refractivity contribution in [3.05, 3.63) is 90.0 Å². The molecule has 0 fully saturated rings. The number of aromatic amines is 1. The van der Waals surface area contributed by atoms with Crippen LogP contribution in [0.3, 0.4) is 0 Å². The van der Waals surface area contributed by atoms with Crippen LogP contribution in [-0.2, 0) is 0 Å². The van der Waals surface area contributed by atoms with Crippen molar-refractivity contribution < 1.29 is 0 Å². The van der Waals surface area contributed by atoms with Gasteiger partial charge in [-0.1, -0.05) is 66.4 Å². The van der Waals surface area contributed by atoms with E-state index in [-0.39, 0.29) is 0 Å². The number of benzene rings is 3. The van der Waals surface area contributed by atoms with Crippen molar-refractivity contribution in [2.75, 3.05) is 0 Å². The molecular weight excluding hydrogens is 280 g/mol. The van der Waals surface area contributed by atoms with E-state index in [4.69, 9.17) is 4.98 Å². The Hall–Kier alpha value is -3.31. The van der Waals surface area contributed by atoms with Gasteiger partial charge in [0.1, 0.15) is 11.3 Å². The minimum atomic E-state index is 0.870. The second-order valence-electron chi connectivity index (χ2n) is 5.27. The monoisotopic (exact) mass is 294 g/mol. The summed E-state index contributed by atoms with van der Waals surface area (Å²) in [6.45, 7) is 0. The smallest absolute Gasteiger partial charge is 0.138 e. The van der Waals surface area contributed by atoms with Crippen LogP contribution in [0, 0.1) is 11.8 Å². The van der Waals surface area contributed by atoms with Crippen molar-refractivity contribution in [1.82, 2.24) is 9.97 Å². The van der Waals surface area contributed by atoms with Crippen molar-refractivity contribution in [3.63, 3.8) is 0 Å². The lowest BCUT2D eigenvalue weighted by molar-refractivity contribution is 1.33. The lowest BCUT2D eigenvalue weighted by Crippen LogP contribution is -1.80. The highest BCUT2D eigenvalue weighted by molar-refractivity contribution is 5.85. The third kappa shape index (κ3) is 2.73. The Kier molecular flexibility index (Phi) is 3.38. The standard InChI is InChI=1S/C21H14N2/c1-3-8-16(9-4-1)14-15-17-12-7-13-19-20(17)23-21(22-19)18-10-5-2-6-11-18/h1-13H,(H,22,23). The van der Waals surface area contributed by atoms with Gasteiger partial charge in [0.05, 0.1) is 11.1 Å². The van der Waals surface area contributed by atoms with Gasteiger partial charge in [-0.2, -0.15) is 0 Å². The number of H-pyrrole nitrogens is 1. The van der Waals surface area contributed by atoms with Crippen molar-refractivity contribution >= 4 is 11.0 Å². The molecule has 0 aliphatic heterocycles. The van der Waals surface area contributed by atoms with Crippen molar-refractivity contribution in [2.45, 2.75) is 0 Å². The highest BCUT2D eigenvalue weighted by Gasteiger charge is 2.07. The molecule has 1 N–H and O–H groups in total. The quantitative estimate of drug-likeness (QED) is 0.509. The molecule has 0 amide bonds. The maximum absolute atomic E-state index is 4.74. The number of para-hydroxylation sites is 1. The first-order valence-electron chi connectivity index (χ1n) is 7.51. The number of rotatable bonds is 1. The molecule has 1 heterocycles. The van der Waals surface area contributed by atoms with Crippen LogP contribution in [0.4, 0.5) is 0 Å². The molecule has 1 aromatic heterocycles. The fraction of sp³-hybridized carbons (Fsp3) is 0. The topological polar surface area (TPSA) is 28.7 Å². The van der Waals surface area contributed by atoms with Gasteiger partial charge in [0.25, 0.3) is 0 Å². The average Bonchev–Trinajstić information content (AvgIpc) is 3.06. The van der Waals surface area contributed by atoms with E-state index in [2.05, 4.69) is 16.8 Å². The zero-order valence-corrected chi connectivity index (χ0v) is 12.5. The number of nitrogens with zero attached hydrogens (tertiary/aromatic N) is 1. The first kappa shape index (κ1) is 13.4. The van der Waals surface area contributed by atoms with Gasteiger partial charge in [-0.15, -0.1) is 0 Å². The molecule has 0 saturated heterocycles. The normalized spacial score (nSPS) is 10.3. The maximum atomic E-state index is 4.74. The Labute approximate surface area is 134 Å². The van der Waals surface area contributed by atoms with Crippen LogP contribution in [-0.4, -0.2) is 9.97 Å². The van der Waals surface area contributed by atoms with Crippen molar-refractivity contribution in [3.8, 4) is 23.2 Å². The summed E-state index contributed by atoms with van der Waals surface area (Å²) in [5, 5.41) is 0. The van der Waals surface area contributed by atoms with Crippen molar-refractivity contribution in [2.24, 2.45) is 0 Å². The van der Waals surface area contributed by atoms with Gasteiger partial charge in [0.2, 0.25) is 0 Å². The third-order valence-corrected chi connectivity index (χ3v) is 3.68. The highest BCUT2D eigenvalue weighted by atomic mass is 14.9. The van der Waals surface area contributed by atoms with Crippen LogP contribution in [0.25, 0.3) is 22.4 Å². The lowest BCUT2D eigenvalue weighted by Gasteiger charge is -1.93. The van der Waals surface area contributed by atoms with Crippen LogP contribution in [0.15, 0.2) is 78.9 Å². The molecule has 2 heteroatoms. The van der Waals surface area contributed by atoms with Crippen molar-refractivity contribution in [1.29, 1.82) is 0 Å². The highest BCUT2D eigenvalue weighted by Crippen LogP contribution is 2.22. The number of hydrogen-bond donors (Lipinski definition) is 1. The third-order valence-electron chi connectivity index (χ3n) is 3.68. The minimum Gasteiger partial charge on any atom is -0.338 e. The molecule has 0 atom stereocenters. The number of nitrogens with one attached hydrogen (secondary N) is 1. The Morgan fingerprint density at radius 1 is 0.696 bits per heavy atom. The number of imidazole rings is 1. The van der Waals surface area contributed by atoms with E-state index in [1.165, 1.54) is 0 Å². The van der Waals surface area contributed by atoms with Gasteiger partial charge in [-0.05, 0) is 24.3 Å². The Bertz CT molecular complexity index is 1000. The van der Waals surface area contributed by atoms with E-state index in [0.717, 1.165) is 33.5 Å². The van der Waals surface area contributed by atoms with Crippen LogP contribution >= 0.6 is 0 Å². The molecule has 3 aromatic carbocycles. The van der Waals surface area contributed by atoms with Crippen LogP contribution in [0.1, 0.15) is 11.1 Å². The van der Waals surface area contributed by atoms with Gasteiger partial charge in [-0.25, -0.2) is 4.98 Å². The molecule has 4 rings (SSSR count). The number of hydrogen-bond acceptors (Lipinski definition) is 1. The molecule has 23 heavy (non-hydrogen) atoms. The number of aromatic nitrogens is 2. The first-order chi connectivity index (χ1) is 11.4. The Balaban J connectivity index is 1.80.